The van der Waals surface area contributed by atoms with Crippen LogP contribution < -0.4 is 5.32 Å². The first-order valence-corrected chi connectivity index (χ1v) is 7.44. The lowest BCUT2D eigenvalue weighted by atomic mass is 10.2. The first-order chi connectivity index (χ1) is 9.83. The summed E-state index contributed by atoms with van der Waals surface area (Å²) in [6.45, 7) is 0.481. The maximum Gasteiger partial charge on any atom is 0.446 e. The van der Waals surface area contributed by atoms with Gasteiger partial charge in [0.25, 0.3) is 0 Å². The van der Waals surface area contributed by atoms with Crippen molar-refractivity contribution in [2.24, 2.45) is 0 Å². The van der Waals surface area contributed by atoms with E-state index in [2.05, 4.69) is 5.32 Å². The number of nitrogens with one attached hydrogen (secondary N) is 1. The third kappa shape index (κ3) is 5.34. The molecule has 0 unspecified atom stereocenters. The Morgan fingerprint density at radius 2 is 1.62 bits per heavy atom. The van der Waals surface area contributed by atoms with Gasteiger partial charge in [0, 0.05) is 17.1 Å². The van der Waals surface area contributed by atoms with Gasteiger partial charge in [-0.2, -0.15) is 13.2 Å². The van der Waals surface area contributed by atoms with Crippen LogP contribution in [0.2, 0.25) is 10.0 Å². The molecule has 2 aromatic rings. The zero-order valence-corrected chi connectivity index (χ0v) is 12.9. The Morgan fingerprint density at radius 1 is 0.952 bits per heavy atom. The molecule has 0 saturated heterocycles. The Balaban J connectivity index is 1.96. The van der Waals surface area contributed by atoms with Gasteiger partial charge in [-0.05, 0) is 47.7 Å². The zero-order chi connectivity index (χ0) is 15.5. The molecule has 0 fully saturated rings. The topological polar surface area (TPSA) is 12.0 Å². The Labute approximate surface area is 134 Å². The van der Waals surface area contributed by atoms with Crippen LogP contribution in [0.25, 0.3) is 0 Å². The number of hydrogen-bond donors (Lipinski definition) is 1. The van der Waals surface area contributed by atoms with Gasteiger partial charge >= 0.3 is 5.51 Å². The fourth-order valence-corrected chi connectivity index (χ4v) is 2.46. The van der Waals surface area contributed by atoms with Gasteiger partial charge < -0.3 is 5.32 Å². The fourth-order valence-electron chi connectivity index (χ4n) is 1.62. The number of rotatable bonds is 4. The maximum atomic E-state index is 12.2. The molecule has 1 N–H and O–H groups in total. The Hall–Kier alpha value is -1.04. The predicted molar refractivity (Wildman–Crippen MR) is 82.1 cm³/mol. The molecule has 0 atom stereocenters. The van der Waals surface area contributed by atoms with Crippen LogP contribution in [0.5, 0.6) is 0 Å². The maximum absolute atomic E-state index is 12.2. The second-order valence-corrected chi connectivity index (χ2v) is 6.13. The van der Waals surface area contributed by atoms with E-state index in [0.29, 0.717) is 16.6 Å². The Bertz CT molecular complexity index is 615. The molecule has 0 heterocycles. The van der Waals surface area contributed by atoms with Crippen LogP contribution in [0, 0.1) is 0 Å². The number of benzene rings is 2. The number of hydrogen-bond acceptors (Lipinski definition) is 2. The highest BCUT2D eigenvalue weighted by molar-refractivity contribution is 8.00. The second kappa shape index (κ2) is 6.81. The fraction of sp³-hybridized carbons (Fsp3) is 0.143. The molecule has 0 bridgehead atoms. The molecule has 0 radical (unpaired) electrons. The van der Waals surface area contributed by atoms with Gasteiger partial charge in [0.2, 0.25) is 0 Å². The van der Waals surface area contributed by atoms with E-state index in [0.717, 1.165) is 11.3 Å². The van der Waals surface area contributed by atoms with E-state index in [1.807, 2.05) is 0 Å². The van der Waals surface area contributed by atoms with Gasteiger partial charge in [-0.25, -0.2) is 0 Å². The molecule has 1 nitrogen and oxygen atoms in total. The van der Waals surface area contributed by atoms with E-state index >= 15 is 0 Å². The van der Waals surface area contributed by atoms with E-state index in [-0.39, 0.29) is 16.7 Å². The zero-order valence-electron chi connectivity index (χ0n) is 10.5. The molecule has 0 aliphatic carbocycles. The quantitative estimate of drug-likeness (QED) is 0.656. The monoisotopic (exact) mass is 351 g/mol. The molecule has 21 heavy (non-hydrogen) atoms. The summed E-state index contributed by atoms with van der Waals surface area (Å²) in [7, 11) is 0. The van der Waals surface area contributed by atoms with Gasteiger partial charge in [-0.15, -0.1) is 0 Å². The minimum atomic E-state index is -4.26. The average Bonchev–Trinajstić information content (AvgIpc) is 2.40. The van der Waals surface area contributed by atoms with Crippen LogP contribution >= 0.6 is 35.0 Å². The highest BCUT2D eigenvalue weighted by Gasteiger charge is 2.28. The van der Waals surface area contributed by atoms with Gasteiger partial charge in [0.05, 0.1) is 10.0 Å². The molecule has 2 rings (SSSR count). The van der Waals surface area contributed by atoms with Gasteiger partial charge in [0.1, 0.15) is 0 Å². The number of halogens is 5. The SMILES string of the molecule is FC(F)(F)Sc1ccc(CNc2ccc(Cl)c(Cl)c2)cc1. The van der Waals surface area contributed by atoms with Crippen molar-refractivity contribution in [3.05, 3.63) is 58.1 Å². The molecular weight excluding hydrogens is 342 g/mol. The summed E-state index contributed by atoms with van der Waals surface area (Å²) in [5.74, 6) is 0. The van der Waals surface area contributed by atoms with Crippen molar-refractivity contribution < 1.29 is 13.2 Å². The lowest BCUT2D eigenvalue weighted by molar-refractivity contribution is -0.0328. The van der Waals surface area contributed by atoms with Gasteiger partial charge in [-0.3, -0.25) is 0 Å². The predicted octanol–water partition coefficient (Wildman–Crippen LogP) is 6.22. The van der Waals surface area contributed by atoms with Crippen molar-refractivity contribution in [3.63, 3.8) is 0 Å². The van der Waals surface area contributed by atoms with Crippen molar-refractivity contribution in [3.8, 4) is 0 Å². The summed E-state index contributed by atoms with van der Waals surface area (Å²) in [5, 5.41) is 4.04. The van der Waals surface area contributed by atoms with E-state index in [1.54, 1.807) is 30.3 Å². The summed E-state index contributed by atoms with van der Waals surface area (Å²) in [6.07, 6.45) is 0. The highest BCUT2D eigenvalue weighted by atomic mass is 35.5. The highest BCUT2D eigenvalue weighted by Crippen LogP contribution is 2.36. The van der Waals surface area contributed by atoms with Crippen LogP contribution in [0.15, 0.2) is 47.4 Å². The minimum absolute atomic E-state index is 0.125. The first-order valence-electron chi connectivity index (χ1n) is 5.87. The number of anilines is 1. The summed E-state index contributed by atoms with van der Waals surface area (Å²) in [6, 6.07) is 11.3. The third-order valence-corrected chi connectivity index (χ3v) is 4.05. The van der Waals surface area contributed by atoms with E-state index in [9.17, 15) is 13.2 Å². The van der Waals surface area contributed by atoms with Crippen molar-refractivity contribution >= 4 is 40.7 Å². The van der Waals surface area contributed by atoms with E-state index < -0.39 is 5.51 Å². The van der Waals surface area contributed by atoms with Crippen LogP contribution in [0.4, 0.5) is 18.9 Å². The molecule has 0 aliphatic rings. The largest absolute Gasteiger partial charge is 0.446 e. The van der Waals surface area contributed by atoms with Gasteiger partial charge in [-0.1, -0.05) is 35.3 Å². The van der Waals surface area contributed by atoms with E-state index in [1.165, 1.54) is 12.1 Å². The molecule has 0 spiro atoms. The molecule has 0 amide bonds. The molecule has 7 heteroatoms. The van der Waals surface area contributed by atoms with Crippen molar-refractivity contribution in [1.29, 1.82) is 0 Å². The third-order valence-electron chi connectivity index (χ3n) is 2.57. The standard InChI is InChI=1S/C14H10Cl2F3NS/c15-12-6-3-10(7-13(12)16)20-8-9-1-4-11(5-2-9)21-14(17,18)19/h1-7,20H,8H2. The molecular formula is C14H10Cl2F3NS. The molecule has 0 saturated carbocycles. The summed E-state index contributed by atoms with van der Waals surface area (Å²) in [4.78, 5) is 0.167. The Morgan fingerprint density at radius 3 is 2.19 bits per heavy atom. The van der Waals surface area contributed by atoms with Crippen LogP contribution in [0.1, 0.15) is 5.56 Å². The lowest BCUT2D eigenvalue weighted by Crippen LogP contribution is -2.00. The van der Waals surface area contributed by atoms with Crippen molar-refractivity contribution in [2.45, 2.75) is 16.9 Å². The minimum Gasteiger partial charge on any atom is -0.381 e. The molecule has 112 valence electrons. The van der Waals surface area contributed by atoms with Crippen molar-refractivity contribution in [2.75, 3.05) is 5.32 Å². The summed E-state index contributed by atoms with van der Waals surface area (Å²) < 4.78 is 36.6. The van der Waals surface area contributed by atoms with Crippen LogP contribution in [0.3, 0.4) is 0 Å². The van der Waals surface area contributed by atoms with Crippen LogP contribution in [-0.2, 0) is 6.54 Å². The normalized spacial score (nSPS) is 11.5. The van der Waals surface area contributed by atoms with Gasteiger partial charge in [0.15, 0.2) is 0 Å². The van der Waals surface area contributed by atoms with E-state index in [4.69, 9.17) is 23.2 Å². The number of thioether (sulfide) groups is 1. The smallest absolute Gasteiger partial charge is 0.381 e. The summed E-state index contributed by atoms with van der Waals surface area (Å²) >= 11 is 11.6. The van der Waals surface area contributed by atoms with Crippen molar-refractivity contribution in [1.82, 2.24) is 0 Å². The molecule has 0 aliphatic heterocycles. The number of alkyl halides is 3. The lowest BCUT2D eigenvalue weighted by Gasteiger charge is -2.09. The van der Waals surface area contributed by atoms with Crippen LogP contribution in [-0.4, -0.2) is 5.51 Å². The molecule has 0 aromatic heterocycles. The Kier molecular flexibility index (Phi) is 5.30. The average molecular weight is 352 g/mol. The second-order valence-electron chi connectivity index (χ2n) is 4.17. The summed E-state index contributed by atoms with van der Waals surface area (Å²) in [5.41, 5.74) is -2.61. The molecule has 2 aromatic carbocycles. The first kappa shape index (κ1) is 16.3.